The van der Waals surface area contributed by atoms with Gasteiger partial charge in [0.1, 0.15) is 5.75 Å². The molecule has 0 aliphatic carbocycles. The molecule has 0 aliphatic rings. The van der Waals surface area contributed by atoms with Crippen LogP contribution < -0.4 is 15.4 Å². The number of anilines is 1. The fourth-order valence-corrected chi connectivity index (χ4v) is 1.15. The highest BCUT2D eigenvalue weighted by atomic mass is 31.2. The lowest BCUT2D eigenvalue weighted by Crippen LogP contribution is -2.18. The lowest BCUT2D eigenvalue weighted by molar-refractivity contribution is 0.361. The van der Waals surface area contributed by atoms with Crippen molar-refractivity contribution in [3.05, 3.63) is 24.3 Å². The lowest BCUT2D eigenvalue weighted by atomic mass is 10.3. The summed E-state index contributed by atoms with van der Waals surface area (Å²) < 4.78 is 15.4. The van der Waals surface area contributed by atoms with E-state index in [2.05, 4.69) is 5.43 Å². The molecule has 14 heavy (non-hydrogen) atoms. The topological polar surface area (TPSA) is 90.8 Å². The van der Waals surface area contributed by atoms with Gasteiger partial charge in [0, 0.05) is 0 Å². The van der Waals surface area contributed by atoms with E-state index in [4.69, 9.17) is 14.5 Å². The van der Waals surface area contributed by atoms with Crippen molar-refractivity contribution in [2.45, 2.75) is 0 Å². The lowest BCUT2D eigenvalue weighted by Gasteiger charge is -2.12. The van der Waals surface area contributed by atoms with Crippen LogP contribution in [0.5, 0.6) is 5.75 Å². The Hall–Kier alpha value is -1.07. The Morgan fingerprint density at radius 3 is 2.57 bits per heavy atom. The average Bonchev–Trinajstić information content (AvgIpc) is 2.14. The molecule has 4 N–H and O–H groups in total. The standard InChI is InChI=1S/C7H11N2O4P/c1-13-7-5-3-2-4-6(7)8-9-14(10,11)12/h2-5,8H,1H3,(H3,9,10,11,12). The number of ether oxygens (including phenoxy) is 1. The van der Waals surface area contributed by atoms with Gasteiger partial charge in [0.05, 0.1) is 12.8 Å². The quantitative estimate of drug-likeness (QED) is 0.439. The van der Waals surface area contributed by atoms with Crippen molar-refractivity contribution in [1.82, 2.24) is 5.20 Å². The van der Waals surface area contributed by atoms with Crippen LogP contribution >= 0.6 is 7.75 Å². The summed E-state index contributed by atoms with van der Waals surface area (Å²) in [6.07, 6.45) is 0. The van der Waals surface area contributed by atoms with Gasteiger partial charge in [0.15, 0.2) is 0 Å². The second kappa shape index (κ2) is 4.43. The molecular weight excluding hydrogens is 207 g/mol. The third-order valence-corrected chi connectivity index (χ3v) is 1.85. The number of hydrogen-bond donors (Lipinski definition) is 4. The predicted octanol–water partition coefficient (Wildman–Crippen LogP) is 0.704. The molecule has 0 bridgehead atoms. The van der Waals surface area contributed by atoms with E-state index in [1.807, 2.05) is 5.20 Å². The SMILES string of the molecule is COc1ccccc1NNP(=O)(O)O. The maximum Gasteiger partial charge on any atom is 0.417 e. The Bertz CT molecular complexity index is 351. The van der Waals surface area contributed by atoms with Gasteiger partial charge in [0.2, 0.25) is 0 Å². The van der Waals surface area contributed by atoms with Crippen molar-refractivity contribution < 1.29 is 19.1 Å². The zero-order valence-corrected chi connectivity index (χ0v) is 8.36. The number of nitrogens with one attached hydrogen (secondary N) is 2. The van der Waals surface area contributed by atoms with Gasteiger partial charge >= 0.3 is 7.75 Å². The minimum absolute atomic E-state index is 0.457. The van der Waals surface area contributed by atoms with Gasteiger partial charge in [-0.05, 0) is 12.1 Å². The van der Waals surface area contributed by atoms with Crippen LogP contribution in [0.3, 0.4) is 0 Å². The summed E-state index contributed by atoms with van der Waals surface area (Å²) in [5, 5.41) is 1.85. The Balaban J connectivity index is 2.71. The first kappa shape index (κ1) is 11.0. The molecule has 0 saturated carbocycles. The van der Waals surface area contributed by atoms with Crippen LogP contribution in [-0.4, -0.2) is 16.9 Å². The summed E-state index contributed by atoms with van der Waals surface area (Å²) in [7, 11) is -2.81. The van der Waals surface area contributed by atoms with Crippen LogP contribution in [0.1, 0.15) is 0 Å². The van der Waals surface area contributed by atoms with Crippen molar-refractivity contribution in [3.63, 3.8) is 0 Å². The fourth-order valence-electron chi connectivity index (χ4n) is 0.881. The van der Waals surface area contributed by atoms with Crippen molar-refractivity contribution >= 4 is 13.4 Å². The van der Waals surface area contributed by atoms with Gasteiger partial charge < -0.3 is 19.9 Å². The minimum Gasteiger partial charge on any atom is -0.495 e. The van der Waals surface area contributed by atoms with Crippen LogP contribution in [0, 0.1) is 0 Å². The highest BCUT2D eigenvalue weighted by Crippen LogP contribution is 2.30. The van der Waals surface area contributed by atoms with E-state index in [0.717, 1.165) is 0 Å². The monoisotopic (exact) mass is 218 g/mol. The van der Waals surface area contributed by atoms with Gasteiger partial charge in [-0.15, -0.1) is 5.20 Å². The first-order valence-electron chi connectivity index (χ1n) is 3.75. The molecule has 0 heterocycles. The van der Waals surface area contributed by atoms with Crippen LogP contribution in [0.4, 0.5) is 5.69 Å². The third-order valence-electron chi connectivity index (χ3n) is 1.44. The molecule has 0 radical (unpaired) electrons. The summed E-state index contributed by atoms with van der Waals surface area (Å²) in [5.41, 5.74) is 2.82. The maximum atomic E-state index is 10.5. The van der Waals surface area contributed by atoms with E-state index < -0.39 is 7.75 Å². The summed E-state index contributed by atoms with van der Waals surface area (Å²) in [6.45, 7) is 0. The zero-order chi connectivity index (χ0) is 10.6. The Kier molecular flexibility index (Phi) is 3.49. The van der Waals surface area contributed by atoms with E-state index in [9.17, 15) is 4.57 Å². The molecule has 0 saturated heterocycles. The summed E-state index contributed by atoms with van der Waals surface area (Å²) in [5.74, 6) is 0.494. The first-order valence-corrected chi connectivity index (χ1v) is 5.36. The summed E-state index contributed by atoms with van der Waals surface area (Å²) in [4.78, 5) is 17.1. The second-order valence-electron chi connectivity index (χ2n) is 2.48. The molecular formula is C7H11N2O4P. The molecule has 0 aromatic heterocycles. The molecule has 0 unspecified atom stereocenters. The number of para-hydroxylation sites is 2. The molecule has 78 valence electrons. The normalized spacial score (nSPS) is 11.1. The highest BCUT2D eigenvalue weighted by molar-refractivity contribution is 7.49. The average molecular weight is 218 g/mol. The number of hydrogen-bond acceptors (Lipinski definition) is 3. The van der Waals surface area contributed by atoms with Gasteiger partial charge in [-0.25, -0.2) is 4.57 Å². The maximum absolute atomic E-state index is 10.5. The van der Waals surface area contributed by atoms with Crippen LogP contribution in [0.15, 0.2) is 24.3 Å². The molecule has 6 nitrogen and oxygen atoms in total. The number of rotatable bonds is 4. The highest BCUT2D eigenvalue weighted by Gasteiger charge is 2.11. The van der Waals surface area contributed by atoms with E-state index in [1.165, 1.54) is 7.11 Å². The Labute approximate surface area is 81.1 Å². The minimum atomic E-state index is -4.28. The Morgan fingerprint density at radius 2 is 2.00 bits per heavy atom. The van der Waals surface area contributed by atoms with Gasteiger partial charge in [-0.3, -0.25) is 0 Å². The molecule has 1 rings (SSSR count). The number of benzene rings is 1. The molecule has 1 aromatic carbocycles. The number of hydrazine groups is 1. The zero-order valence-electron chi connectivity index (χ0n) is 7.47. The summed E-state index contributed by atoms with van der Waals surface area (Å²) >= 11 is 0. The largest absolute Gasteiger partial charge is 0.495 e. The second-order valence-corrected chi connectivity index (χ2v) is 3.79. The van der Waals surface area contributed by atoms with Crippen LogP contribution in [-0.2, 0) is 4.57 Å². The van der Waals surface area contributed by atoms with Gasteiger partial charge in [-0.1, -0.05) is 12.1 Å². The fraction of sp³-hybridized carbons (Fsp3) is 0.143. The van der Waals surface area contributed by atoms with E-state index in [0.29, 0.717) is 11.4 Å². The van der Waals surface area contributed by atoms with E-state index in [1.54, 1.807) is 24.3 Å². The van der Waals surface area contributed by atoms with E-state index in [-0.39, 0.29) is 0 Å². The van der Waals surface area contributed by atoms with Crippen LogP contribution in [0.2, 0.25) is 0 Å². The number of methoxy groups -OCH3 is 1. The first-order chi connectivity index (χ1) is 6.53. The molecule has 0 atom stereocenters. The molecule has 0 spiro atoms. The van der Waals surface area contributed by atoms with E-state index >= 15 is 0 Å². The van der Waals surface area contributed by atoms with Crippen LogP contribution in [0.25, 0.3) is 0 Å². The van der Waals surface area contributed by atoms with Crippen molar-refractivity contribution in [1.29, 1.82) is 0 Å². The molecule has 0 amide bonds. The molecule has 7 heteroatoms. The van der Waals surface area contributed by atoms with Crippen molar-refractivity contribution in [3.8, 4) is 5.75 Å². The molecule has 0 aliphatic heterocycles. The van der Waals surface area contributed by atoms with Crippen molar-refractivity contribution in [2.75, 3.05) is 12.5 Å². The van der Waals surface area contributed by atoms with Gasteiger partial charge in [-0.2, -0.15) is 0 Å². The molecule has 1 aromatic rings. The smallest absolute Gasteiger partial charge is 0.417 e. The third kappa shape index (κ3) is 3.35. The van der Waals surface area contributed by atoms with Gasteiger partial charge in [0.25, 0.3) is 0 Å². The Morgan fingerprint density at radius 1 is 1.36 bits per heavy atom. The van der Waals surface area contributed by atoms with Crippen molar-refractivity contribution in [2.24, 2.45) is 0 Å². The predicted molar refractivity (Wildman–Crippen MR) is 51.8 cm³/mol. The summed E-state index contributed by atoms with van der Waals surface area (Å²) in [6, 6.07) is 6.76. The molecule has 0 fully saturated rings.